The van der Waals surface area contributed by atoms with E-state index in [9.17, 15) is 9.18 Å². The van der Waals surface area contributed by atoms with Gasteiger partial charge in [-0.25, -0.2) is 4.39 Å². The highest BCUT2D eigenvalue weighted by molar-refractivity contribution is 6.31. The molecule has 1 fully saturated rings. The van der Waals surface area contributed by atoms with Gasteiger partial charge in [-0.2, -0.15) is 0 Å². The van der Waals surface area contributed by atoms with Crippen molar-refractivity contribution >= 4 is 17.5 Å². The van der Waals surface area contributed by atoms with Gasteiger partial charge >= 0.3 is 0 Å². The molecule has 2 aromatic rings. The number of amides is 1. The number of rotatable bonds is 2. The highest BCUT2D eigenvalue weighted by Gasteiger charge is 2.32. The Kier molecular flexibility index (Phi) is 4.59. The van der Waals surface area contributed by atoms with Crippen LogP contribution in [-0.2, 0) is 4.74 Å². The van der Waals surface area contributed by atoms with Crippen LogP contribution in [0.25, 0.3) is 0 Å². The number of benzene rings is 1. The number of carbonyl (C=O) groups excluding carboxylic acids is 1. The first-order valence-corrected chi connectivity index (χ1v) is 7.71. The van der Waals surface area contributed by atoms with E-state index >= 15 is 0 Å². The fraction of sp³-hybridized carbons (Fsp3) is 0.294. The van der Waals surface area contributed by atoms with Crippen LogP contribution < -0.4 is 0 Å². The number of carbonyl (C=O) groups is 1. The normalized spacial score (nSPS) is 21.3. The monoisotopic (exact) mass is 334 g/mol. The molecule has 1 aliphatic rings. The van der Waals surface area contributed by atoms with E-state index < -0.39 is 5.82 Å². The highest BCUT2D eigenvalue weighted by Crippen LogP contribution is 2.30. The van der Waals surface area contributed by atoms with Crippen molar-refractivity contribution in [3.8, 4) is 0 Å². The number of nitrogens with zero attached hydrogens (tertiary/aromatic N) is 2. The summed E-state index contributed by atoms with van der Waals surface area (Å²) >= 11 is 6.22. The Morgan fingerprint density at radius 2 is 2.17 bits per heavy atom. The molecule has 1 aliphatic heterocycles. The molecule has 0 unspecified atom stereocenters. The van der Waals surface area contributed by atoms with Crippen LogP contribution in [0, 0.1) is 5.82 Å². The van der Waals surface area contributed by atoms with Gasteiger partial charge in [-0.15, -0.1) is 0 Å². The van der Waals surface area contributed by atoms with Gasteiger partial charge in [-0.3, -0.25) is 9.78 Å². The second-order valence-electron chi connectivity index (χ2n) is 5.54. The molecule has 3 rings (SSSR count). The quantitative estimate of drug-likeness (QED) is 0.844. The lowest BCUT2D eigenvalue weighted by Gasteiger charge is -2.38. The third kappa shape index (κ3) is 3.35. The van der Waals surface area contributed by atoms with Gasteiger partial charge in [0.2, 0.25) is 0 Å². The Labute approximate surface area is 138 Å². The van der Waals surface area contributed by atoms with E-state index in [1.54, 1.807) is 11.0 Å². The summed E-state index contributed by atoms with van der Waals surface area (Å²) in [6.07, 6.45) is 2.15. The predicted molar refractivity (Wildman–Crippen MR) is 84.8 cm³/mol. The van der Waals surface area contributed by atoms with Crippen LogP contribution in [0.4, 0.5) is 4.39 Å². The van der Waals surface area contributed by atoms with Gasteiger partial charge in [-0.1, -0.05) is 29.8 Å². The zero-order valence-electron chi connectivity index (χ0n) is 12.6. The molecule has 4 nitrogen and oxygen atoms in total. The first kappa shape index (κ1) is 15.9. The molecule has 0 aliphatic carbocycles. The fourth-order valence-corrected chi connectivity index (χ4v) is 2.92. The van der Waals surface area contributed by atoms with Crippen molar-refractivity contribution in [3.63, 3.8) is 0 Å². The van der Waals surface area contributed by atoms with Crippen LogP contribution in [0.3, 0.4) is 0 Å². The standard InChI is InChI=1S/C17H16ClFN2O2/c1-11-10-23-16(14-4-2-3-5-15(14)18)9-21(11)17(22)12-6-13(19)8-20-7-12/h2-8,11,16H,9-10H2,1H3/t11-,16-/m1/s1. The summed E-state index contributed by atoms with van der Waals surface area (Å²) in [5.74, 6) is -0.788. The molecule has 2 atom stereocenters. The zero-order chi connectivity index (χ0) is 16.4. The Morgan fingerprint density at radius 3 is 2.91 bits per heavy atom. The minimum absolute atomic E-state index is 0.107. The Bertz CT molecular complexity index is 725. The van der Waals surface area contributed by atoms with Gasteiger partial charge in [-0.05, 0) is 19.1 Å². The molecular formula is C17H16ClFN2O2. The van der Waals surface area contributed by atoms with E-state index in [1.165, 1.54) is 12.3 Å². The molecular weight excluding hydrogens is 319 g/mol. The number of hydrogen-bond donors (Lipinski definition) is 0. The summed E-state index contributed by atoms with van der Waals surface area (Å²) in [5.41, 5.74) is 1.08. The van der Waals surface area contributed by atoms with Gasteiger partial charge in [0.15, 0.2) is 0 Å². The first-order chi connectivity index (χ1) is 11.1. The second-order valence-corrected chi connectivity index (χ2v) is 5.95. The SMILES string of the molecule is C[C@@H]1CO[C@@H](c2ccccc2Cl)CN1C(=O)c1cncc(F)c1. The summed E-state index contributed by atoms with van der Waals surface area (Å²) in [7, 11) is 0. The summed E-state index contributed by atoms with van der Waals surface area (Å²) in [5, 5.41) is 0.604. The Hall–Kier alpha value is -1.98. The average molecular weight is 335 g/mol. The van der Waals surface area contributed by atoms with Gasteiger partial charge in [0.1, 0.15) is 11.9 Å². The van der Waals surface area contributed by atoms with Gasteiger partial charge < -0.3 is 9.64 Å². The lowest BCUT2D eigenvalue weighted by molar-refractivity contribution is -0.0486. The maximum Gasteiger partial charge on any atom is 0.255 e. The molecule has 120 valence electrons. The number of morpholine rings is 1. The molecule has 0 radical (unpaired) electrons. The number of hydrogen-bond acceptors (Lipinski definition) is 3. The van der Waals surface area contributed by atoms with Crippen LogP contribution in [-0.4, -0.2) is 35.0 Å². The van der Waals surface area contributed by atoms with Gasteiger partial charge in [0, 0.05) is 16.8 Å². The number of aromatic nitrogens is 1. The summed E-state index contributed by atoms with van der Waals surface area (Å²) < 4.78 is 19.1. The molecule has 1 aromatic heterocycles. The minimum Gasteiger partial charge on any atom is -0.369 e. The third-order valence-corrected chi connectivity index (χ3v) is 4.24. The molecule has 23 heavy (non-hydrogen) atoms. The average Bonchev–Trinajstić information content (AvgIpc) is 2.55. The largest absolute Gasteiger partial charge is 0.369 e. The lowest BCUT2D eigenvalue weighted by atomic mass is 10.0. The van der Waals surface area contributed by atoms with E-state index in [-0.39, 0.29) is 23.6 Å². The van der Waals surface area contributed by atoms with E-state index in [1.807, 2.05) is 25.1 Å². The number of pyridine rings is 1. The molecule has 1 saturated heterocycles. The maximum atomic E-state index is 13.3. The van der Waals surface area contributed by atoms with Crippen molar-refractivity contribution in [3.05, 3.63) is 64.7 Å². The molecule has 0 bridgehead atoms. The molecule has 1 aromatic carbocycles. The Morgan fingerprint density at radius 1 is 1.39 bits per heavy atom. The maximum absolute atomic E-state index is 13.3. The topological polar surface area (TPSA) is 42.4 Å². The summed E-state index contributed by atoms with van der Waals surface area (Å²) in [6, 6.07) is 8.49. The fourth-order valence-electron chi connectivity index (χ4n) is 2.66. The lowest BCUT2D eigenvalue weighted by Crippen LogP contribution is -2.48. The van der Waals surface area contributed by atoms with Crippen molar-refractivity contribution in [2.24, 2.45) is 0 Å². The van der Waals surface area contributed by atoms with Crippen LogP contribution in [0.5, 0.6) is 0 Å². The minimum atomic E-state index is -0.528. The van der Waals surface area contributed by atoms with E-state index in [0.717, 1.165) is 11.8 Å². The van der Waals surface area contributed by atoms with Crippen LogP contribution in [0.15, 0.2) is 42.7 Å². The predicted octanol–water partition coefficient (Wildman–Crippen LogP) is 3.48. The third-order valence-electron chi connectivity index (χ3n) is 3.90. The molecule has 6 heteroatoms. The van der Waals surface area contributed by atoms with E-state index in [0.29, 0.717) is 18.2 Å². The van der Waals surface area contributed by atoms with Crippen LogP contribution in [0.1, 0.15) is 28.9 Å². The van der Waals surface area contributed by atoms with Crippen molar-refractivity contribution < 1.29 is 13.9 Å². The summed E-state index contributed by atoms with van der Waals surface area (Å²) in [4.78, 5) is 18.1. The van der Waals surface area contributed by atoms with Gasteiger partial charge in [0.05, 0.1) is 31.0 Å². The molecule has 2 heterocycles. The van der Waals surface area contributed by atoms with Crippen molar-refractivity contribution in [2.75, 3.05) is 13.2 Å². The molecule has 1 amide bonds. The molecule has 0 saturated carbocycles. The van der Waals surface area contributed by atoms with E-state index in [2.05, 4.69) is 4.98 Å². The van der Waals surface area contributed by atoms with Crippen LogP contribution >= 0.6 is 11.6 Å². The molecule has 0 N–H and O–H groups in total. The van der Waals surface area contributed by atoms with Crippen molar-refractivity contribution in [1.82, 2.24) is 9.88 Å². The van der Waals surface area contributed by atoms with E-state index in [4.69, 9.17) is 16.3 Å². The Balaban J connectivity index is 1.84. The zero-order valence-corrected chi connectivity index (χ0v) is 13.3. The van der Waals surface area contributed by atoms with Gasteiger partial charge in [0.25, 0.3) is 5.91 Å². The summed E-state index contributed by atoms with van der Waals surface area (Å²) in [6.45, 7) is 2.65. The molecule has 0 spiro atoms. The number of ether oxygens (including phenoxy) is 1. The van der Waals surface area contributed by atoms with Crippen LogP contribution in [0.2, 0.25) is 5.02 Å². The van der Waals surface area contributed by atoms with Crippen molar-refractivity contribution in [2.45, 2.75) is 19.1 Å². The second kappa shape index (κ2) is 6.64. The number of halogens is 2. The first-order valence-electron chi connectivity index (χ1n) is 7.34. The smallest absolute Gasteiger partial charge is 0.255 e. The highest BCUT2D eigenvalue weighted by atomic mass is 35.5. The van der Waals surface area contributed by atoms with Crippen molar-refractivity contribution in [1.29, 1.82) is 0 Å².